The molecule has 2 aromatic heterocycles. The summed E-state index contributed by atoms with van der Waals surface area (Å²) in [6.45, 7) is 4.04. The minimum atomic E-state index is 0.674. The Balaban J connectivity index is 1.66. The number of fused-ring (bicyclic) bond motifs is 2. The fourth-order valence-electron chi connectivity index (χ4n) is 3.03. The fourth-order valence-corrected chi connectivity index (χ4v) is 3.83. The molecule has 1 aromatic carbocycles. The first-order chi connectivity index (χ1) is 12.3. The third kappa shape index (κ3) is 3.38. The van der Waals surface area contributed by atoms with Crippen LogP contribution in [0.1, 0.15) is 12.0 Å². The molecule has 3 heterocycles. The first-order valence-electron chi connectivity index (χ1n) is 8.61. The summed E-state index contributed by atoms with van der Waals surface area (Å²) in [7, 11) is 0. The van der Waals surface area contributed by atoms with Crippen LogP contribution in [0.5, 0.6) is 0 Å². The molecule has 6 nitrogen and oxygen atoms in total. The zero-order valence-corrected chi connectivity index (χ0v) is 14.9. The van der Waals surface area contributed by atoms with E-state index in [4.69, 9.17) is 15.7 Å². The standard InChI is InChI=1S/C18H22N6S/c19-7-3-8-21-17-16-15(6-11-25-16)22-18(23-17)24-10-9-20-14-5-2-1-4-13(14)12-24/h1-2,4-6,11,20H,3,7-10,12,19H2,(H,21,22,23). The summed E-state index contributed by atoms with van der Waals surface area (Å²) in [6, 6.07) is 10.5. The lowest BCUT2D eigenvalue weighted by atomic mass is 10.2. The van der Waals surface area contributed by atoms with Gasteiger partial charge in [0.2, 0.25) is 5.95 Å². The Morgan fingerprint density at radius 2 is 2.16 bits per heavy atom. The summed E-state index contributed by atoms with van der Waals surface area (Å²) in [5, 5.41) is 8.98. The van der Waals surface area contributed by atoms with E-state index in [0.717, 1.165) is 54.6 Å². The van der Waals surface area contributed by atoms with Gasteiger partial charge in [-0.3, -0.25) is 0 Å². The zero-order chi connectivity index (χ0) is 17.1. The van der Waals surface area contributed by atoms with Crippen LogP contribution in [0.25, 0.3) is 10.2 Å². The molecule has 1 aliphatic rings. The van der Waals surface area contributed by atoms with Gasteiger partial charge in [-0.1, -0.05) is 18.2 Å². The van der Waals surface area contributed by atoms with Crippen LogP contribution in [0.3, 0.4) is 0 Å². The lowest BCUT2D eigenvalue weighted by Gasteiger charge is -2.21. The van der Waals surface area contributed by atoms with Gasteiger partial charge in [0.15, 0.2) is 0 Å². The van der Waals surface area contributed by atoms with Crippen molar-refractivity contribution in [3.63, 3.8) is 0 Å². The van der Waals surface area contributed by atoms with E-state index in [0.29, 0.717) is 6.54 Å². The van der Waals surface area contributed by atoms with E-state index >= 15 is 0 Å². The number of para-hydroxylation sites is 1. The summed E-state index contributed by atoms with van der Waals surface area (Å²) < 4.78 is 1.11. The lowest BCUT2D eigenvalue weighted by Crippen LogP contribution is -2.27. The molecule has 4 rings (SSSR count). The monoisotopic (exact) mass is 354 g/mol. The van der Waals surface area contributed by atoms with E-state index < -0.39 is 0 Å². The van der Waals surface area contributed by atoms with Crippen molar-refractivity contribution in [3.05, 3.63) is 41.3 Å². The Hall–Kier alpha value is -2.38. The number of nitrogens with two attached hydrogens (primary N) is 1. The number of rotatable bonds is 5. The van der Waals surface area contributed by atoms with Crippen molar-refractivity contribution in [2.45, 2.75) is 13.0 Å². The molecule has 0 spiro atoms. The average molecular weight is 354 g/mol. The molecule has 0 radical (unpaired) electrons. The van der Waals surface area contributed by atoms with Crippen molar-refractivity contribution in [2.24, 2.45) is 5.73 Å². The maximum Gasteiger partial charge on any atom is 0.228 e. The van der Waals surface area contributed by atoms with Gasteiger partial charge in [0, 0.05) is 31.9 Å². The normalized spacial score (nSPS) is 14.0. The van der Waals surface area contributed by atoms with E-state index in [1.807, 2.05) is 0 Å². The summed E-state index contributed by atoms with van der Waals surface area (Å²) in [4.78, 5) is 11.9. The molecule has 4 N–H and O–H groups in total. The lowest BCUT2D eigenvalue weighted by molar-refractivity contribution is 0.792. The minimum Gasteiger partial charge on any atom is -0.383 e. The summed E-state index contributed by atoms with van der Waals surface area (Å²) in [6.07, 6.45) is 0.924. The number of hydrogen-bond donors (Lipinski definition) is 3. The second kappa shape index (κ2) is 7.25. The number of anilines is 3. The number of benzene rings is 1. The molecule has 0 saturated heterocycles. The molecule has 0 atom stereocenters. The van der Waals surface area contributed by atoms with Crippen molar-refractivity contribution in [2.75, 3.05) is 41.7 Å². The average Bonchev–Trinajstić information content (AvgIpc) is 3.00. The van der Waals surface area contributed by atoms with Crippen LogP contribution in [0.2, 0.25) is 0 Å². The van der Waals surface area contributed by atoms with Crippen LogP contribution < -0.4 is 21.3 Å². The molecule has 3 aromatic rings. The topological polar surface area (TPSA) is 79.1 Å². The van der Waals surface area contributed by atoms with Crippen LogP contribution in [0.4, 0.5) is 17.5 Å². The van der Waals surface area contributed by atoms with E-state index in [9.17, 15) is 0 Å². The van der Waals surface area contributed by atoms with Gasteiger partial charge in [-0.05, 0) is 36.0 Å². The Morgan fingerprint density at radius 3 is 3.08 bits per heavy atom. The van der Waals surface area contributed by atoms with Crippen LogP contribution >= 0.6 is 11.3 Å². The van der Waals surface area contributed by atoms with Gasteiger partial charge in [-0.2, -0.15) is 4.98 Å². The van der Waals surface area contributed by atoms with Gasteiger partial charge >= 0.3 is 0 Å². The largest absolute Gasteiger partial charge is 0.383 e. The van der Waals surface area contributed by atoms with Crippen molar-refractivity contribution in [3.8, 4) is 0 Å². The Morgan fingerprint density at radius 1 is 1.24 bits per heavy atom. The molecule has 0 fully saturated rings. The second-order valence-corrected chi connectivity index (χ2v) is 7.00. The molecular formula is C18H22N6S. The first kappa shape index (κ1) is 16.1. The van der Waals surface area contributed by atoms with E-state index in [1.165, 1.54) is 11.3 Å². The van der Waals surface area contributed by atoms with Crippen LogP contribution in [-0.2, 0) is 6.54 Å². The Labute approximate surface area is 151 Å². The highest BCUT2D eigenvalue weighted by atomic mass is 32.1. The van der Waals surface area contributed by atoms with Crippen LogP contribution in [0.15, 0.2) is 35.7 Å². The molecular weight excluding hydrogens is 332 g/mol. The number of hydrogen-bond acceptors (Lipinski definition) is 7. The molecule has 0 amide bonds. The maximum absolute atomic E-state index is 5.61. The number of nitrogens with one attached hydrogen (secondary N) is 2. The highest BCUT2D eigenvalue weighted by molar-refractivity contribution is 7.17. The van der Waals surface area contributed by atoms with Gasteiger partial charge in [-0.25, -0.2) is 4.98 Å². The zero-order valence-electron chi connectivity index (χ0n) is 14.0. The number of aromatic nitrogens is 2. The van der Waals surface area contributed by atoms with E-state index in [1.54, 1.807) is 11.3 Å². The molecule has 0 bridgehead atoms. The number of nitrogens with zero attached hydrogens (tertiary/aromatic N) is 3. The summed E-state index contributed by atoms with van der Waals surface area (Å²) >= 11 is 1.67. The minimum absolute atomic E-state index is 0.674. The van der Waals surface area contributed by atoms with E-state index in [-0.39, 0.29) is 0 Å². The third-order valence-corrected chi connectivity index (χ3v) is 5.23. The SMILES string of the molecule is NCCCNc1nc(N2CCNc3ccccc3C2)nc2ccsc12. The van der Waals surface area contributed by atoms with E-state index in [2.05, 4.69) is 51.2 Å². The molecule has 0 aliphatic carbocycles. The van der Waals surface area contributed by atoms with Crippen molar-refractivity contribution >= 4 is 39.0 Å². The summed E-state index contributed by atoms with van der Waals surface area (Å²) in [5.74, 6) is 1.69. The molecule has 0 saturated carbocycles. The van der Waals surface area contributed by atoms with Gasteiger partial charge in [-0.15, -0.1) is 11.3 Å². The first-order valence-corrected chi connectivity index (χ1v) is 9.49. The van der Waals surface area contributed by atoms with Crippen LogP contribution in [-0.4, -0.2) is 36.1 Å². The predicted molar refractivity (Wildman–Crippen MR) is 106 cm³/mol. The van der Waals surface area contributed by atoms with Crippen LogP contribution in [0, 0.1) is 0 Å². The van der Waals surface area contributed by atoms with Gasteiger partial charge in [0.1, 0.15) is 5.82 Å². The van der Waals surface area contributed by atoms with Crippen molar-refractivity contribution in [1.29, 1.82) is 0 Å². The highest BCUT2D eigenvalue weighted by Crippen LogP contribution is 2.30. The van der Waals surface area contributed by atoms with Crippen molar-refractivity contribution < 1.29 is 0 Å². The smallest absolute Gasteiger partial charge is 0.228 e. The molecule has 1 aliphatic heterocycles. The quantitative estimate of drug-likeness (QED) is 0.612. The predicted octanol–water partition coefficient (Wildman–Crippen LogP) is 2.88. The fraction of sp³-hybridized carbons (Fsp3) is 0.333. The highest BCUT2D eigenvalue weighted by Gasteiger charge is 2.18. The molecule has 0 unspecified atom stereocenters. The molecule has 130 valence electrons. The molecule has 7 heteroatoms. The van der Waals surface area contributed by atoms with Gasteiger partial charge < -0.3 is 21.3 Å². The third-order valence-electron chi connectivity index (χ3n) is 4.32. The Kier molecular flexibility index (Phi) is 4.67. The number of thiophene rings is 1. The van der Waals surface area contributed by atoms with Gasteiger partial charge in [0.05, 0.1) is 10.2 Å². The summed E-state index contributed by atoms with van der Waals surface area (Å²) in [5.41, 5.74) is 9.07. The van der Waals surface area contributed by atoms with Gasteiger partial charge in [0.25, 0.3) is 0 Å². The molecule has 25 heavy (non-hydrogen) atoms. The van der Waals surface area contributed by atoms with Crippen molar-refractivity contribution in [1.82, 2.24) is 9.97 Å². The Bertz CT molecular complexity index is 862. The maximum atomic E-state index is 5.61. The second-order valence-electron chi connectivity index (χ2n) is 6.08.